The van der Waals surface area contributed by atoms with Gasteiger partial charge in [-0.15, -0.1) is 0 Å². The number of nitrogens with zero attached hydrogens (tertiary/aromatic N) is 1. The van der Waals surface area contributed by atoms with Gasteiger partial charge in [-0.25, -0.2) is 4.79 Å². The molecule has 2 heterocycles. The number of H-pyrrole nitrogens is 1. The zero-order valence-corrected chi connectivity index (χ0v) is 12.7. The van der Waals surface area contributed by atoms with Crippen molar-refractivity contribution in [2.24, 2.45) is 5.92 Å². The van der Waals surface area contributed by atoms with Crippen molar-refractivity contribution in [3.63, 3.8) is 0 Å². The average molecular weight is 294 g/mol. The van der Waals surface area contributed by atoms with E-state index in [4.69, 9.17) is 9.84 Å². The summed E-state index contributed by atoms with van der Waals surface area (Å²) < 4.78 is 5.18. The van der Waals surface area contributed by atoms with Gasteiger partial charge in [-0.3, -0.25) is 4.79 Å². The van der Waals surface area contributed by atoms with Gasteiger partial charge in [0.1, 0.15) is 5.69 Å². The number of likely N-dealkylation sites (tertiary alicyclic amines) is 1. The van der Waals surface area contributed by atoms with Gasteiger partial charge in [0, 0.05) is 25.9 Å². The molecule has 1 aliphatic heterocycles. The summed E-state index contributed by atoms with van der Waals surface area (Å²) in [6.45, 7) is 5.44. The number of aryl methyl sites for hydroxylation is 1. The van der Waals surface area contributed by atoms with Crippen LogP contribution in [0.1, 0.15) is 44.9 Å². The lowest BCUT2D eigenvalue weighted by molar-refractivity contribution is 0.0570. The first kappa shape index (κ1) is 15.6. The molecule has 0 radical (unpaired) electrons. The van der Waals surface area contributed by atoms with Crippen LogP contribution in [0.25, 0.3) is 0 Å². The van der Waals surface area contributed by atoms with Gasteiger partial charge in [-0.2, -0.15) is 0 Å². The number of hydrogen-bond donors (Lipinski definition) is 2. The number of carbonyl (C=O) groups excluding carboxylic acids is 1. The van der Waals surface area contributed by atoms with Crippen LogP contribution in [0.2, 0.25) is 0 Å². The summed E-state index contributed by atoms with van der Waals surface area (Å²) in [5, 5.41) is 9.13. The largest absolute Gasteiger partial charge is 0.477 e. The van der Waals surface area contributed by atoms with Gasteiger partial charge in [0.05, 0.1) is 12.2 Å². The van der Waals surface area contributed by atoms with Crippen LogP contribution >= 0.6 is 0 Å². The molecule has 6 heteroatoms. The van der Waals surface area contributed by atoms with E-state index >= 15 is 0 Å². The fourth-order valence-electron chi connectivity index (χ4n) is 3.06. The molecule has 21 heavy (non-hydrogen) atoms. The lowest BCUT2D eigenvalue weighted by Gasteiger charge is -2.32. The molecule has 0 bridgehead atoms. The molecule has 1 aliphatic rings. The topological polar surface area (TPSA) is 82.6 Å². The van der Waals surface area contributed by atoms with Crippen molar-refractivity contribution in [3.05, 3.63) is 22.5 Å². The maximum atomic E-state index is 12.7. The molecule has 0 aliphatic carbocycles. The number of ether oxygens (including phenoxy) is 1. The Balaban J connectivity index is 2.22. The number of carboxylic acids is 1. The van der Waals surface area contributed by atoms with E-state index < -0.39 is 5.97 Å². The molecule has 1 amide bonds. The summed E-state index contributed by atoms with van der Waals surface area (Å²) in [7, 11) is 1.67. The van der Waals surface area contributed by atoms with Crippen LogP contribution < -0.4 is 0 Å². The predicted octanol–water partition coefficient (Wildman–Crippen LogP) is 1.83. The summed E-state index contributed by atoms with van der Waals surface area (Å²) in [5.41, 5.74) is 1.72. The number of hydrogen-bond acceptors (Lipinski definition) is 3. The van der Waals surface area contributed by atoms with Crippen molar-refractivity contribution < 1.29 is 19.4 Å². The quantitative estimate of drug-likeness (QED) is 0.887. The average Bonchev–Trinajstić information content (AvgIpc) is 2.74. The van der Waals surface area contributed by atoms with Gasteiger partial charge in [0.2, 0.25) is 0 Å². The highest BCUT2D eigenvalue weighted by atomic mass is 16.5. The standard InChI is InChI=1S/C15H22N2O4/c1-9-12(10(2)16-13(9)15(19)20)14(18)17-6-4-5-11(7-17)8-21-3/h11,16H,4-8H2,1-3H3,(H,19,20). The zero-order chi connectivity index (χ0) is 15.6. The maximum absolute atomic E-state index is 12.7. The summed E-state index contributed by atoms with van der Waals surface area (Å²) in [5.74, 6) is -0.772. The molecule has 0 saturated carbocycles. The minimum atomic E-state index is -1.04. The Kier molecular flexibility index (Phi) is 4.67. The molecule has 2 N–H and O–H groups in total. The number of aromatic amines is 1. The molecule has 1 fully saturated rings. The van der Waals surface area contributed by atoms with Crippen molar-refractivity contribution in [3.8, 4) is 0 Å². The molecule has 1 aromatic heterocycles. The van der Waals surface area contributed by atoms with E-state index in [1.54, 1.807) is 21.0 Å². The number of carboxylic acid groups (broad SMARTS) is 1. The molecule has 0 spiro atoms. The zero-order valence-electron chi connectivity index (χ0n) is 12.7. The number of rotatable bonds is 4. The van der Waals surface area contributed by atoms with Crippen LogP contribution in [0.15, 0.2) is 0 Å². The Morgan fingerprint density at radius 2 is 2.14 bits per heavy atom. The normalized spacial score (nSPS) is 18.8. The van der Waals surface area contributed by atoms with Gasteiger partial charge in [0.15, 0.2) is 0 Å². The van der Waals surface area contributed by atoms with Crippen LogP contribution in [0.3, 0.4) is 0 Å². The van der Waals surface area contributed by atoms with Crippen molar-refractivity contribution >= 4 is 11.9 Å². The smallest absolute Gasteiger partial charge is 0.352 e. The highest BCUT2D eigenvalue weighted by Gasteiger charge is 2.29. The number of aromatic nitrogens is 1. The van der Waals surface area contributed by atoms with Gasteiger partial charge in [-0.1, -0.05) is 0 Å². The molecule has 0 aromatic carbocycles. The van der Waals surface area contributed by atoms with E-state index in [1.807, 2.05) is 4.90 Å². The summed E-state index contributed by atoms with van der Waals surface area (Å²) in [6.07, 6.45) is 2.01. The fourth-order valence-corrected chi connectivity index (χ4v) is 3.06. The highest BCUT2D eigenvalue weighted by molar-refractivity contribution is 6.00. The third-order valence-corrected chi connectivity index (χ3v) is 4.07. The van der Waals surface area contributed by atoms with E-state index in [1.165, 1.54) is 0 Å². The van der Waals surface area contributed by atoms with Crippen LogP contribution in [0.5, 0.6) is 0 Å². The number of carbonyl (C=O) groups is 2. The van der Waals surface area contributed by atoms with E-state index in [0.29, 0.717) is 42.4 Å². The van der Waals surface area contributed by atoms with Crippen molar-refractivity contribution in [2.45, 2.75) is 26.7 Å². The van der Waals surface area contributed by atoms with Gasteiger partial charge < -0.3 is 19.7 Å². The molecular formula is C15H22N2O4. The second-order valence-corrected chi connectivity index (χ2v) is 5.64. The highest BCUT2D eigenvalue weighted by Crippen LogP contribution is 2.23. The van der Waals surface area contributed by atoms with Gasteiger partial charge >= 0.3 is 5.97 Å². The number of methoxy groups -OCH3 is 1. The number of aromatic carboxylic acids is 1. The number of piperidine rings is 1. The molecule has 6 nitrogen and oxygen atoms in total. The van der Waals surface area contributed by atoms with Gasteiger partial charge in [0.25, 0.3) is 5.91 Å². The molecule has 1 saturated heterocycles. The van der Waals surface area contributed by atoms with E-state index in [0.717, 1.165) is 12.8 Å². The molecule has 2 rings (SSSR count). The van der Waals surface area contributed by atoms with E-state index in [2.05, 4.69) is 4.98 Å². The molecule has 116 valence electrons. The van der Waals surface area contributed by atoms with E-state index in [-0.39, 0.29) is 11.6 Å². The Hall–Kier alpha value is -1.82. The Morgan fingerprint density at radius 3 is 2.71 bits per heavy atom. The first-order chi connectivity index (χ1) is 9.95. The Morgan fingerprint density at radius 1 is 1.43 bits per heavy atom. The van der Waals surface area contributed by atoms with Gasteiger partial charge in [-0.05, 0) is 38.2 Å². The van der Waals surface area contributed by atoms with Crippen molar-refractivity contribution in [2.75, 3.05) is 26.8 Å². The SMILES string of the molecule is COCC1CCCN(C(=O)c2c(C)[nH]c(C(=O)O)c2C)C1. The lowest BCUT2D eigenvalue weighted by atomic mass is 9.97. The van der Waals surface area contributed by atoms with Crippen LogP contribution in [-0.2, 0) is 4.74 Å². The minimum absolute atomic E-state index is 0.0884. The summed E-state index contributed by atoms with van der Waals surface area (Å²) >= 11 is 0. The third kappa shape index (κ3) is 3.10. The number of amides is 1. The second-order valence-electron chi connectivity index (χ2n) is 5.64. The molecule has 1 unspecified atom stereocenters. The lowest BCUT2D eigenvalue weighted by Crippen LogP contribution is -2.41. The monoisotopic (exact) mass is 294 g/mol. The van der Waals surface area contributed by atoms with Crippen LogP contribution in [0, 0.1) is 19.8 Å². The van der Waals surface area contributed by atoms with E-state index in [9.17, 15) is 9.59 Å². The predicted molar refractivity (Wildman–Crippen MR) is 77.7 cm³/mol. The first-order valence-electron chi connectivity index (χ1n) is 7.16. The maximum Gasteiger partial charge on any atom is 0.352 e. The Bertz CT molecular complexity index is 548. The summed E-state index contributed by atoms with van der Waals surface area (Å²) in [6, 6.07) is 0. The van der Waals surface area contributed by atoms with Crippen molar-refractivity contribution in [1.29, 1.82) is 0 Å². The summed E-state index contributed by atoms with van der Waals surface area (Å²) in [4.78, 5) is 28.5. The Labute approximate surface area is 124 Å². The molecular weight excluding hydrogens is 272 g/mol. The molecule has 1 atom stereocenters. The second kappa shape index (κ2) is 6.30. The van der Waals surface area contributed by atoms with Crippen molar-refractivity contribution in [1.82, 2.24) is 9.88 Å². The molecule has 1 aromatic rings. The minimum Gasteiger partial charge on any atom is -0.477 e. The van der Waals surface area contributed by atoms with Crippen LogP contribution in [-0.4, -0.2) is 53.7 Å². The van der Waals surface area contributed by atoms with Crippen LogP contribution in [0.4, 0.5) is 0 Å². The first-order valence-corrected chi connectivity index (χ1v) is 7.16. The third-order valence-electron chi connectivity index (χ3n) is 4.07. The fraction of sp³-hybridized carbons (Fsp3) is 0.600. The number of nitrogens with one attached hydrogen (secondary N) is 1.